The molecule has 0 spiro atoms. The van der Waals surface area contributed by atoms with Crippen molar-refractivity contribution in [3.63, 3.8) is 0 Å². The van der Waals surface area contributed by atoms with Crippen LogP contribution in [0, 0.1) is 18.7 Å². The second-order valence-electron chi connectivity index (χ2n) is 11.6. The highest BCUT2D eigenvalue weighted by molar-refractivity contribution is 7.80. The fourth-order valence-electron chi connectivity index (χ4n) is 4.66. The first-order chi connectivity index (χ1) is 21.4. The molecule has 248 valence electrons. The molecule has 0 radical (unpaired) electrons. The third-order valence-electron chi connectivity index (χ3n) is 6.79. The summed E-state index contributed by atoms with van der Waals surface area (Å²) in [5.74, 6) is -2.18. The maximum Gasteiger partial charge on any atom is 0.417 e. The van der Waals surface area contributed by atoms with Crippen LogP contribution in [0.15, 0.2) is 48.7 Å². The molecule has 2 amide bonds. The van der Waals surface area contributed by atoms with Crippen molar-refractivity contribution in [1.29, 1.82) is 0 Å². The van der Waals surface area contributed by atoms with Crippen LogP contribution in [-0.2, 0) is 22.2 Å². The van der Waals surface area contributed by atoms with E-state index < -0.39 is 57.2 Å². The normalized spacial score (nSPS) is 15.8. The number of halogens is 5. The highest BCUT2D eigenvalue weighted by atomic mass is 35.5. The zero-order valence-electron chi connectivity index (χ0n) is 25.2. The molecule has 3 aromatic rings. The van der Waals surface area contributed by atoms with Crippen LogP contribution in [0.2, 0.25) is 5.02 Å². The Morgan fingerprint density at radius 3 is 2.50 bits per heavy atom. The maximum atomic E-state index is 13.7. The summed E-state index contributed by atoms with van der Waals surface area (Å²) in [6, 6.07) is 7.45. The summed E-state index contributed by atoms with van der Waals surface area (Å²) in [4.78, 5) is 31.5. The molecule has 10 nitrogen and oxygen atoms in total. The van der Waals surface area contributed by atoms with Crippen molar-refractivity contribution in [3.05, 3.63) is 76.2 Å². The van der Waals surface area contributed by atoms with Gasteiger partial charge in [0.05, 0.1) is 16.1 Å². The summed E-state index contributed by atoms with van der Waals surface area (Å²) >= 11 is 3.38. The van der Waals surface area contributed by atoms with Gasteiger partial charge in [0.25, 0.3) is 17.2 Å². The average Bonchev–Trinajstić information content (AvgIpc) is 3.41. The first kappa shape index (κ1) is 34.9. The number of hydrogen-bond donors (Lipinski definition) is 2. The highest BCUT2D eigenvalue weighted by Crippen LogP contribution is 2.40. The lowest BCUT2D eigenvalue weighted by Crippen LogP contribution is -2.37. The smallest absolute Gasteiger partial charge is 0.417 e. The molecular formula is C30H31ClF4N4O6S. The summed E-state index contributed by atoms with van der Waals surface area (Å²) in [7, 11) is 0. The molecule has 2 heterocycles. The van der Waals surface area contributed by atoms with Gasteiger partial charge in [-0.15, -0.1) is 0 Å². The van der Waals surface area contributed by atoms with Crippen molar-refractivity contribution in [2.24, 2.45) is 5.92 Å². The molecule has 1 saturated heterocycles. The average molecular weight is 687 g/mol. The van der Waals surface area contributed by atoms with E-state index in [4.69, 9.17) is 21.1 Å². The largest absolute Gasteiger partial charge is 0.456 e. The molecule has 1 aliphatic heterocycles. The van der Waals surface area contributed by atoms with E-state index in [0.717, 1.165) is 22.5 Å². The number of hydrogen-bond acceptors (Lipinski definition) is 6. The predicted octanol–water partition coefficient (Wildman–Crippen LogP) is 7.45. The molecular weight excluding hydrogens is 656 g/mol. The van der Waals surface area contributed by atoms with E-state index in [1.807, 2.05) is 0 Å². The van der Waals surface area contributed by atoms with E-state index in [9.17, 15) is 35.9 Å². The van der Waals surface area contributed by atoms with E-state index in [1.54, 1.807) is 20.8 Å². The van der Waals surface area contributed by atoms with E-state index in [1.165, 1.54) is 36.2 Å². The number of rotatable bonds is 8. The number of anilines is 2. The molecule has 2 atom stereocenters. The lowest BCUT2D eigenvalue weighted by atomic mass is 10.1. The fraction of sp³-hybridized carbons (Fsp3) is 0.367. The van der Waals surface area contributed by atoms with Gasteiger partial charge < -0.3 is 19.7 Å². The van der Waals surface area contributed by atoms with Gasteiger partial charge >= 0.3 is 12.3 Å². The zero-order chi connectivity index (χ0) is 34.0. The summed E-state index contributed by atoms with van der Waals surface area (Å²) in [6.07, 6.45) is -3.55. The predicted molar refractivity (Wildman–Crippen MR) is 164 cm³/mol. The number of carbonyl (C=O) groups is 2. The molecule has 0 aliphatic carbocycles. The molecule has 2 aromatic carbocycles. The monoisotopic (exact) mass is 686 g/mol. The van der Waals surface area contributed by atoms with Crippen LogP contribution < -0.4 is 14.4 Å². The summed E-state index contributed by atoms with van der Waals surface area (Å²) in [5.41, 5.74) is -1.93. The number of ether oxygens (including phenoxy) is 2. The number of benzene rings is 2. The Hall–Kier alpha value is -3.95. The number of pyridine rings is 1. The van der Waals surface area contributed by atoms with Crippen molar-refractivity contribution < 1.29 is 45.4 Å². The number of nitrogens with one attached hydrogen (secondary N) is 1. The van der Waals surface area contributed by atoms with Crippen LogP contribution in [0.1, 0.15) is 48.7 Å². The Balaban J connectivity index is 1.56. The minimum atomic E-state index is -4.87. The first-order valence-corrected chi connectivity index (χ1v) is 15.3. The zero-order valence-corrected chi connectivity index (χ0v) is 26.7. The van der Waals surface area contributed by atoms with Crippen LogP contribution in [0.3, 0.4) is 0 Å². The summed E-state index contributed by atoms with van der Waals surface area (Å²) in [6.45, 7) is 7.44. The fourth-order valence-corrected chi connectivity index (χ4v) is 5.52. The lowest BCUT2D eigenvalue weighted by Gasteiger charge is -2.25. The minimum absolute atomic E-state index is 0.00954. The molecule has 16 heteroatoms. The van der Waals surface area contributed by atoms with Gasteiger partial charge in [0, 0.05) is 37.6 Å². The Morgan fingerprint density at radius 1 is 1.15 bits per heavy atom. The van der Waals surface area contributed by atoms with Crippen molar-refractivity contribution in [2.45, 2.75) is 45.9 Å². The van der Waals surface area contributed by atoms with Gasteiger partial charge in [0.2, 0.25) is 0 Å². The number of amides is 2. The van der Waals surface area contributed by atoms with Gasteiger partial charge in [-0.25, -0.2) is 18.4 Å². The van der Waals surface area contributed by atoms with E-state index >= 15 is 0 Å². The van der Waals surface area contributed by atoms with Gasteiger partial charge in [-0.2, -0.15) is 13.2 Å². The molecule has 0 saturated carbocycles. The van der Waals surface area contributed by atoms with Gasteiger partial charge in [0.15, 0.2) is 0 Å². The van der Waals surface area contributed by atoms with Crippen molar-refractivity contribution in [1.82, 2.24) is 9.88 Å². The van der Waals surface area contributed by atoms with E-state index in [-0.39, 0.29) is 47.4 Å². The molecule has 4 rings (SSSR count). The van der Waals surface area contributed by atoms with Gasteiger partial charge in [-0.1, -0.05) is 11.6 Å². The van der Waals surface area contributed by atoms with Gasteiger partial charge in [-0.05, 0) is 82.0 Å². The quantitative estimate of drug-likeness (QED) is 0.187. The number of alkyl halides is 3. The standard InChI is InChI=1S/C30H31ClF4N4O6S/c1-17-11-19(32)5-6-24(17)44-25-14-22(30(33,34)35)23(31)13-21(25)27(40)37-20-7-9-36-26(12-20)39(46(42)43)16-18-8-10-38(15-18)28(41)45-29(2,3)4/h5-7,9,11-14,18H,8,10,15-16H2,1-4H3,(H,42,43)(H,36,37,40)/t18-/m0/s1. The van der Waals surface area contributed by atoms with Crippen molar-refractivity contribution >= 4 is 46.4 Å². The molecule has 1 aromatic heterocycles. The number of likely N-dealkylation sites (tertiary alicyclic amines) is 1. The molecule has 1 aliphatic rings. The van der Waals surface area contributed by atoms with Gasteiger partial charge in [0.1, 0.15) is 28.7 Å². The summed E-state index contributed by atoms with van der Waals surface area (Å²) in [5, 5.41) is 1.78. The lowest BCUT2D eigenvalue weighted by molar-refractivity contribution is -0.137. The van der Waals surface area contributed by atoms with Crippen LogP contribution in [0.4, 0.5) is 33.9 Å². The molecule has 1 fully saturated rings. The van der Waals surface area contributed by atoms with E-state index in [2.05, 4.69) is 10.3 Å². The number of aryl methyl sites for hydroxylation is 1. The highest BCUT2D eigenvalue weighted by Gasteiger charge is 2.36. The molecule has 0 bridgehead atoms. The second-order valence-corrected chi connectivity index (χ2v) is 12.9. The van der Waals surface area contributed by atoms with E-state index in [0.29, 0.717) is 19.0 Å². The second kappa shape index (κ2) is 13.8. The Morgan fingerprint density at radius 2 is 1.87 bits per heavy atom. The first-order valence-electron chi connectivity index (χ1n) is 13.9. The molecule has 2 N–H and O–H groups in total. The number of nitrogens with zero attached hydrogens (tertiary/aromatic N) is 3. The van der Waals surface area contributed by atoms with Crippen molar-refractivity contribution in [3.8, 4) is 11.5 Å². The maximum absolute atomic E-state index is 13.7. The summed E-state index contributed by atoms with van der Waals surface area (Å²) < 4.78 is 89.1. The molecule has 1 unspecified atom stereocenters. The number of aromatic nitrogens is 1. The SMILES string of the molecule is Cc1cc(F)ccc1Oc1cc(C(F)(F)F)c(Cl)cc1C(=O)Nc1ccnc(N(C[C@H]2CCN(C(=O)OC(C)(C)C)C2)S(=O)O)c1. The number of carbonyl (C=O) groups excluding carboxylic acids is 2. The van der Waals surface area contributed by atoms with Crippen molar-refractivity contribution in [2.75, 3.05) is 29.3 Å². The third-order valence-corrected chi connectivity index (χ3v) is 7.81. The Bertz CT molecular complexity index is 1650. The van der Waals surface area contributed by atoms with Crippen LogP contribution in [0.5, 0.6) is 11.5 Å². The molecule has 46 heavy (non-hydrogen) atoms. The Labute approximate surface area is 270 Å². The van der Waals surface area contributed by atoms with Crippen LogP contribution in [0.25, 0.3) is 0 Å². The Kier molecular flexibility index (Phi) is 10.5. The van der Waals surface area contributed by atoms with Gasteiger partial charge in [-0.3, -0.25) is 13.7 Å². The van der Waals surface area contributed by atoms with Crippen LogP contribution in [-0.4, -0.2) is 55.9 Å². The minimum Gasteiger partial charge on any atom is -0.456 e. The third kappa shape index (κ3) is 8.85. The topological polar surface area (TPSA) is 121 Å². The van der Waals surface area contributed by atoms with Crippen LogP contribution >= 0.6 is 11.6 Å².